The van der Waals surface area contributed by atoms with Gasteiger partial charge in [-0.1, -0.05) is 0 Å². The molecule has 80 valence electrons. The van der Waals surface area contributed by atoms with Crippen LogP contribution in [0.2, 0.25) is 0 Å². The third kappa shape index (κ3) is 1.87. The van der Waals surface area contributed by atoms with E-state index in [-0.39, 0.29) is 6.61 Å². The molecular formula is C9H9BrFN3O. The second-order valence-corrected chi connectivity index (χ2v) is 3.83. The van der Waals surface area contributed by atoms with Gasteiger partial charge in [-0.2, -0.15) is 0 Å². The minimum Gasteiger partial charge on any atom is -0.395 e. The van der Waals surface area contributed by atoms with E-state index in [1.807, 2.05) is 0 Å². The fraction of sp³-hybridized carbons (Fsp3) is 0.333. The second-order valence-electron chi connectivity index (χ2n) is 3.01. The standard InChI is InChI=1S/C9H9BrFN3O/c10-7-2-1-6-9(12-7)13-8(5-11)14(6)3-4-15/h1-2,15H,3-5H2. The van der Waals surface area contributed by atoms with Gasteiger partial charge in [0.05, 0.1) is 12.1 Å². The first kappa shape index (κ1) is 10.5. The van der Waals surface area contributed by atoms with Crippen LogP contribution in [0.5, 0.6) is 0 Å². The van der Waals surface area contributed by atoms with Crippen molar-refractivity contribution in [1.29, 1.82) is 0 Å². The van der Waals surface area contributed by atoms with Gasteiger partial charge in [0.25, 0.3) is 0 Å². The number of aliphatic hydroxyl groups excluding tert-OH is 1. The van der Waals surface area contributed by atoms with Crippen molar-refractivity contribution in [3.8, 4) is 0 Å². The highest BCUT2D eigenvalue weighted by molar-refractivity contribution is 9.10. The summed E-state index contributed by atoms with van der Waals surface area (Å²) in [5.41, 5.74) is 1.23. The molecule has 2 heterocycles. The number of fused-ring (bicyclic) bond motifs is 1. The maximum absolute atomic E-state index is 12.6. The number of imidazole rings is 1. The SMILES string of the molecule is OCCn1c(CF)nc2nc(Br)ccc21. The molecule has 2 aromatic rings. The summed E-state index contributed by atoms with van der Waals surface area (Å²) in [6.07, 6.45) is 0. The molecule has 0 spiro atoms. The Bertz CT molecular complexity index is 485. The Labute approximate surface area is 93.9 Å². The molecule has 0 aliphatic rings. The molecule has 1 N–H and O–H groups in total. The van der Waals surface area contributed by atoms with Crippen LogP contribution < -0.4 is 0 Å². The van der Waals surface area contributed by atoms with Crippen LogP contribution in [0.15, 0.2) is 16.7 Å². The van der Waals surface area contributed by atoms with Crippen molar-refractivity contribution in [3.63, 3.8) is 0 Å². The van der Waals surface area contributed by atoms with Gasteiger partial charge in [0.15, 0.2) is 5.65 Å². The predicted octanol–water partition coefficient (Wildman–Crippen LogP) is 1.66. The number of pyridine rings is 1. The Morgan fingerprint density at radius 2 is 2.20 bits per heavy atom. The molecule has 6 heteroatoms. The summed E-state index contributed by atoms with van der Waals surface area (Å²) in [5, 5.41) is 8.87. The molecule has 0 amide bonds. The van der Waals surface area contributed by atoms with Gasteiger partial charge in [-0.05, 0) is 28.1 Å². The van der Waals surface area contributed by atoms with Crippen molar-refractivity contribution in [3.05, 3.63) is 22.6 Å². The average molecular weight is 274 g/mol. The van der Waals surface area contributed by atoms with Crippen molar-refractivity contribution in [2.45, 2.75) is 13.2 Å². The maximum atomic E-state index is 12.6. The van der Waals surface area contributed by atoms with Gasteiger partial charge in [0.2, 0.25) is 0 Å². The van der Waals surface area contributed by atoms with Crippen LogP contribution in [0.1, 0.15) is 5.82 Å². The Hall–Kier alpha value is -1.01. The van der Waals surface area contributed by atoms with Gasteiger partial charge in [0.1, 0.15) is 17.1 Å². The van der Waals surface area contributed by atoms with E-state index in [0.29, 0.717) is 22.6 Å². The quantitative estimate of drug-likeness (QED) is 0.866. The molecular weight excluding hydrogens is 265 g/mol. The van der Waals surface area contributed by atoms with E-state index in [1.165, 1.54) is 0 Å². The Morgan fingerprint density at radius 1 is 1.40 bits per heavy atom. The van der Waals surface area contributed by atoms with Gasteiger partial charge < -0.3 is 9.67 Å². The maximum Gasteiger partial charge on any atom is 0.179 e. The topological polar surface area (TPSA) is 50.9 Å². The first-order chi connectivity index (χ1) is 7.26. The number of halogens is 2. The second kappa shape index (κ2) is 4.24. The van der Waals surface area contributed by atoms with Gasteiger partial charge in [-0.15, -0.1) is 0 Å². The lowest BCUT2D eigenvalue weighted by molar-refractivity contribution is 0.273. The monoisotopic (exact) mass is 273 g/mol. The highest BCUT2D eigenvalue weighted by atomic mass is 79.9. The zero-order valence-electron chi connectivity index (χ0n) is 7.82. The van der Waals surface area contributed by atoms with Crippen LogP contribution in [0.3, 0.4) is 0 Å². The molecule has 0 aliphatic heterocycles. The molecule has 0 bridgehead atoms. The zero-order chi connectivity index (χ0) is 10.8. The number of nitrogens with zero attached hydrogens (tertiary/aromatic N) is 3. The summed E-state index contributed by atoms with van der Waals surface area (Å²) in [6, 6.07) is 3.56. The van der Waals surface area contributed by atoms with Gasteiger partial charge >= 0.3 is 0 Å². The van der Waals surface area contributed by atoms with E-state index in [2.05, 4.69) is 25.9 Å². The van der Waals surface area contributed by atoms with Crippen LogP contribution in [-0.2, 0) is 13.2 Å². The van der Waals surface area contributed by atoms with Crippen LogP contribution in [-0.4, -0.2) is 26.2 Å². The van der Waals surface area contributed by atoms with Crippen molar-refractivity contribution in [2.75, 3.05) is 6.61 Å². The van der Waals surface area contributed by atoms with Crippen LogP contribution >= 0.6 is 15.9 Å². The molecule has 4 nitrogen and oxygen atoms in total. The molecule has 0 aromatic carbocycles. The van der Waals surface area contributed by atoms with Gasteiger partial charge in [0, 0.05) is 6.54 Å². The molecule has 2 aromatic heterocycles. The Morgan fingerprint density at radius 3 is 2.87 bits per heavy atom. The Kier molecular flexibility index (Phi) is 2.97. The number of hydrogen-bond donors (Lipinski definition) is 1. The third-order valence-corrected chi connectivity index (χ3v) is 2.54. The van der Waals surface area contributed by atoms with E-state index >= 15 is 0 Å². The molecule has 15 heavy (non-hydrogen) atoms. The van der Waals surface area contributed by atoms with Gasteiger partial charge in [-0.25, -0.2) is 14.4 Å². The lowest BCUT2D eigenvalue weighted by Gasteiger charge is -2.03. The number of alkyl halides is 1. The van der Waals surface area contributed by atoms with E-state index in [9.17, 15) is 4.39 Å². The summed E-state index contributed by atoms with van der Waals surface area (Å²) in [5.74, 6) is 0.296. The first-order valence-electron chi connectivity index (χ1n) is 4.44. The van der Waals surface area contributed by atoms with E-state index in [4.69, 9.17) is 5.11 Å². The normalized spacial score (nSPS) is 11.1. The van der Waals surface area contributed by atoms with E-state index in [0.717, 1.165) is 5.52 Å². The molecule has 2 rings (SSSR count). The molecule has 0 fully saturated rings. The van der Waals surface area contributed by atoms with Crippen LogP contribution in [0.25, 0.3) is 11.2 Å². The lowest BCUT2D eigenvalue weighted by atomic mass is 10.4. The highest BCUT2D eigenvalue weighted by Crippen LogP contribution is 2.17. The molecule has 0 saturated heterocycles. The van der Waals surface area contributed by atoms with Crippen LogP contribution in [0, 0.1) is 0 Å². The minimum absolute atomic E-state index is 0.0471. The van der Waals surface area contributed by atoms with Crippen molar-refractivity contribution in [1.82, 2.24) is 14.5 Å². The number of aromatic nitrogens is 3. The van der Waals surface area contributed by atoms with E-state index in [1.54, 1.807) is 16.7 Å². The largest absolute Gasteiger partial charge is 0.395 e. The highest BCUT2D eigenvalue weighted by Gasteiger charge is 2.10. The molecule has 0 aliphatic carbocycles. The fourth-order valence-corrected chi connectivity index (χ4v) is 1.78. The number of hydrogen-bond acceptors (Lipinski definition) is 3. The summed E-state index contributed by atoms with van der Waals surface area (Å²) >= 11 is 3.22. The van der Waals surface area contributed by atoms with Crippen LogP contribution in [0.4, 0.5) is 4.39 Å². The molecule has 0 unspecified atom stereocenters. The summed E-state index contributed by atoms with van der Waals surface area (Å²) in [7, 11) is 0. The molecule has 0 saturated carbocycles. The first-order valence-corrected chi connectivity index (χ1v) is 5.24. The fourth-order valence-electron chi connectivity index (χ4n) is 1.48. The van der Waals surface area contributed by atoms with E-state index < -0.39 is 6.67 Å². The van der Waals surface area contributed by atoms with Gasteiger partial charge in [-0.3, -0.25) is 0 Å². The summed E-state index contributed by atoms with van der Waals surface area (Å²) < 4.78 is 14.9. The average Bonchev–Trinajstić information content (AvgIpc) is 2.56. The Balaban J connectivity index is 2.63. The van der Waals surface area contributed by atoms with Crippen molar-refractivity contribution in [2.24, 2.45) is 0 Å². The van der Waals surface area contributed by atoms with Crippen molar-refractivity contribution >= 4 is 27.1 Å². The summed E-state index contributed by atoms with van der Waals surface area (Å²) in [4.78, 5) is 8.17. The molecule has 0 atom stereocenters. The number of aliphatic hydroxyl groups is 1. The lowest BCUT2D eigenvalue weighted by Crippen LogP contribution is -2.05. The molecule has 0 radical (unpaired) electrons. The third-order valence-electron chi connectivity index (χ3n) is 2.10. The number of rotatable bonds is 3. The minimum atomic E-state index is -0.659. The predicted molar refractivity (Wildman–Crippen MR) is 57.1 cm³/mol. The van der Waals surface area contributed by atoms with Crippen molar-refractivity contribution < 1.29 is 9.50 Å². The zero-order valence-corrected chi connectivity index (χ0v) is 9.41. The smallest absolute Gasteiger partial charge is 0.179 e. The summed E-state index contributed by atoms with van der Waals surface area (Å²) in [6.45, 7) is -0.373.